The van der Waals surface area contributed by atoms with Gasteiger partial charge in [-0.3, -0.25) is 4.57 Å². The predicted octanol–water partition coefficient (Wildman–Crippen LogP) is 0.260. The Kier molecular flexibility index (Phi) is 5.24. The second kappa shape index (κ2) is 7.36. The predicted molar refractivity (Wildman–Crippen MR) is 107 cm³/mol. The second-order valence-corrected chi connectivity index (χ2v) is 9.46. The van der Waals surface area contributed by atoms with E-state index in [2.05, 4.69) is 20.3 Å². The summed E-state index contributed by atoms with van der Waals surface area (Å²) < 4.78 is 7.14. The Labute approximate surface area is 174 Å². The zero-order valence-electron chi connectivity index (χ0n) is 17.6. The number of hydrogen-bond donors (Lipinski definition) is 5. The Bertz CT molecular complexity index is 900. The average molecular weight is 422 g/mol. The highest BCUT2D eigenvalue weighted by molar-refractivity contribution is 5.82. The summed E-state index contributed by atoms with van der Waals surface area (Å²) in [6.45, 7) is 7.57. The number of piperidine rings is 1. The molecule has 0 saturated carbocycles. The van der Waals surface area contributed by atoms with Crippen molar-refractivity contribution >= 4 is 17.0 Å². The number of nitrogens with one attached hydrogen (secondary N) is 1. The first kappa shape index (κ1) is 21.3. The molecule has 2 aromatic rings. The molecule has 0 aliphatic carbocycles. The zero-order valence-corrected chi connectivity index (χ0v) is 17.6. The number of hydroxylamine groups is 2. The molecule has 2 aliphatic rings. The number of ether oxygens (including phenoxy) is 1. The summed E-state index contributed by atoms with van der Waals surface area (Å²) in [5.41, 5.74) is 0.127. The maximum absolute atomic E-state index is 10.5. The molecular formula is C19H30N6O5. The Morgan fingerprint density at radius 2 is 1.77 bits per heavy atom. The van der Waals surface area contributed by atoms with Crippen LogP contribution in [0.25, 0.3) is 11.2 Å². The van der Waals surface area contributed by atoms with E-state index in [4.69, 9.17) is 4.74 Å². The number of nitrogens with zero attached hydrogens (tertiary/aromatic N) is 5. The van der Waals surface area contributed by atoms with Crippen molar-refractivity contribution in [2.45, 2.75) is 82.2 Å². The van der Waals surface area contributed by atoms with Crippen LogP contribution in [0.15, 0.2) is 12.7 Å². The molecular weight excluding hydrogens is 392 g/mol. The van der Waals surface area contributed by atoms with Gasteiger partial charge in [-0.2, -0.15) is 5.06 Å². The standard InChI is InChI=1S/C19H30N6O5/c1-18(2)5-10(6-19(3,4)25(18)29)23-15-12-16(21-8-20-15)24(9-22-12)17-14(28)13(27)11(7-26)30-17/h8-11,13-14,17,26-29H,5-7H2,1-4H3,(H,20,21,23)/t11-,13+,14+,17-/m0/s1. The Balaban J connectivity index is 1.62. The Morgan fingerprint density at radius 3 is 2.37 bits per heavy atom. The third kappa shape index (κ3) is 3.45. The average Bonchev–Trinajstić information content (AvgIpc) is 3.22. The highest BCUT2D eigenvalue weighted by Gasteiger charge is 2.46. The van der Waals surface area contributed by atoms with Gasteiger partial charge in [-0.15, -0.1) is 0 Å². The largest absolute Gasteiger partial charge is 0.394 e. The zero-order chi connectivity index (χ0) is 21.8. The van der Waals surface area contributed by atoms with Crippen LogP contribution in [0.5, 0.6) is 0 Å². The van der Waals surface area contributed by atoms with Crippen LogP contribution in [-0.2, 0) is 4.74 Å². The molecule has 0 bridgehead atoms. The molecule has 4 atom stereocenters. The minimum absolute atomic E-state index is 0.0514. The van der Waals surface area contributed by atoms with E-state index in [-0.39, 0.29) is 6.04 Å². The first-order valence-electron chi connectivity index (χ1n) is 10.1. The lowest BCUT2D eigenvalue weighted by atomic mass is 9.79. The van der Waals surface area contributed by atoms with Crippen LogP contribution in [0, 0.1) is 0 Å². The number of fused-ring (bicyclic) bond motifs is 1. The fraction of sp³-hybridized carbons (Fsp3) is 0.737. The SMILES string of the molecule is CC1(C)CC(Nc2ncnc3c2ncn3[C@H]2O[C@@H](CO)[C@@H](O)[C@H]2O)CC(C)(C)N1O. The van der Waals surface area contributed by atoms with E-state index in [1.54, 1.807) is 0 Å². The van der Waals surface area contributed by atoms with E-state index >= 15 is 0 Å². The third-order valence-corrected chi connectivity index (χ3v) is 6.13. The number of hydrogen-bond acceptors (Lipinski definition) is 10. The Hall–Kier alpha value is -1.89. The number of aromatic nitrogens is 4. The highest BCUT2D eigenvalue weighted by atomic mass is 16.6. The van der Waals surface area contributed by atoms with Crippen molar-refractivity contribution < 1.29 is 25.3 Å². The van der Waals surface area contributed by atoms with Gasteiger partial charge in [0.05, 0.1) is 12.9 Å². The van der Waals surface area contributed by atoms with E-state index in [0.29, 0.717) is 29.8 Å². The summed E-state index contributed by atoms with van der Waals surface area (Å²) in [7, 11) is 0. The molecule has 166 valence electrons. The lowest BCUT2D eigenvalue weighted by Crippen LogP contribution is -2.61. The number of aliphatic hydroxyl groups excluding tert-OH is 3. The molecule has 0 amide bonds. The van der Waals surface area contributed by atoms with Gasteiger partial charge < -0.3 is 30.6 Å². The number of aliphatic hydroxyl groups is 3. The van der Waals surface area contributed by atoms with Crippen molar-refractivity contribution in [1.29, 1.82) is 0 Å². The number of imidazole rings is 1. The molecule has 11 nitrogen and oxygen atoms in total. The monoisotopic (exact) mass is 422 g/mol. The third-order valence-electron chi connectivity index (χ3n) is 6.13. The summed E-state index contributed by atoms with van der Waals surface area (Å²) in [5, 5.41) is 45.1. The van der Waals surface area contributed by atoms with Gasteiger partial charge in [0, 0.05) is 17.1 Å². The van der Waals surface area contributed by atoms with Crippen LogP contribution >= 0.6 is 0 Å². The fourth-order valence-electron chi connectivity index (χ4n) is 4.82. The summed E-state index contributed by atoms with van der Waals surface area (Å²) >= 11 is 0. The van der Waals surface area contributed by atoms with Crippen LogP contribution < -0.4 is 5.32 Å². The van der Waals surface area contributed by atoms with Crippen molar-refractivity contribution in [2.24, 2.45) is 0 Å². The second-order valence-electron chi connectivity index (χ2n) is 9.46. The molecule has 0 radical (unpaired) electrons. The van der Waals surface area contributed by atoms with Crippen LogP contribution in [0.2, 0.25) is 0 Å². The normalized spacial score (nSPS) is 32.0. The van der Waals surface area contributed by atoms with E-state index < -0.39 is 42.2 Å². The maximum Gasteiger partial charge on any atom is 0.167 e. The van der Waals surface area contributed by atoms with Gasteiger partial charge >= 0.3 is 0 Å². The fourth-order valence-corrected chi connectivity index (χ4v) is 4.82. The molecule has 2 saturated heterocycles. The smallest absolute Gasteiger partial charge is 0.167 e. The van der Waals surface area contributed by atoms with E-state index in [1.807, 2.05) is 27.7 Å². The minimum Gasteiger partial charge on any atom is -0.394 e. The van der Waals surface area contributed by atoms with Crippen LogP contribution in [0.3, 0.4) is 0 Å². The quantitative estimate of drug-likeness (QED) is 0.464. The van der Waals surface area contributed by atoms with Crippen molar-refractivity contribution in [3.63, 3.8) is 0 Å². The topological polar surface area (TPSA) is 149 Å². The molecule has 0 unspecified atom stereocenters. The maximum atomic E-state index is 10.5. The van der Waals surface area contributed by atoms with Gasteiger partial charge in [0.2, 0.25) is 0 Å². The van der Waals surface area contributed by atoms with Crippen LogP contribution in [-0.4, -0.2) is 87.1 Å². The summed E-state index contributed by atoms with van der Waals surface area (Å²) in [5.74, 6) is 0.550. The molecule has 4 rings (SSSR count). The molecule has 30 heavy (non-hydrogen) atoms. The van der Waals surface area contributed by atoms with Gasteiger partial charge in [-0.1, -0.05) is 0 Å². The Morgan fingerprint density at radius 1 is 1.10 bits per heavy atom. The molecule has 2 fully saturated rings. The van der Waals surface area contributed by atoms with Gasteiger partial charge in [0.25, 0.3) is 0 Å². The number of anilines is 1. The van der Waals surface area contributed by atoms with E-state index in [0.717, 1.165) is 0 Å². The van der Waals surface area contributed by atoms with Crippen LogP contribution in [0.1, 0.15) is 46.8 Å². The van der Waals surface area contributed by atoms with Gasteiger partial charge in [0.15, 0.2) is 23.2 Å². The van der Waals surface area contributed by atoms with Crippen molar-refractivity contribution in [1.82, 2.24) is 24.6 Å². The van der Waals surface area contributed by atoms with Crippen molar-refractivity contribution in [2.75, 3.05) is 11.9 Å². The van der Waals surface area contributed by atoms with E-state index in [1.165, 1.54) is 22.3 Å². The van der Waals surface area contributed by atoms with E-state index in [9.17, 15) is 20.5 Å². The lowest BCUT2D eigenvalue weighted by Gasteiger charge is -2.51. The molecule has 4 heterocycles. The molecule has 2 aromatic heterocycles. The molecule has 0 aromatic carbocycles. The van der Waals surface area contributed by atoms with Gasteiger partial charge in [-0.25, -0.2) is 15.0 Å². The minimum atomic E-state index is -1.22. The highest BCUT2D eigenvalue weighted by Crippen LogP contribution is 2.38. The van der Waals surface area contributed by atoms with Crippen molar-refractivity contribution in [3.05, 3.63) is 12.7 Å². The van der Waals surface area contributed by atoms with Gasteiger partial charge in [0.1, 0.15) is 24.6 Å². The summed E-state index contributed by atoms with van der Waals surface area (Å²) in [4.78, 5) is 13.0. The summed E-state index contributed by atoms with van der Waals surface area (Å²) in [6.07, 6.45) is 0.0697. The molecule has 11 heteroatoms. The lowest BCUT2D eigenvalue weighted by molar-refractivity contribution is -0.243. The first-order valence-corrected chi connectivity index (χ1v) is 10.1. The molecule has 2 aliphatic heterocycles. The summed E-state index contributed by atoms with van der Waals surface area (Å²) in [6, 6.07) is 0.0514. The molecule has 0 spiro atoms. The van der Waals surface area contributed by atoms with Crippen molar-refractivity contribution in [3.8, 4) is 0 Å². The first-order chi connectivity index (χ1) is 14.0. The molecule has 5 N–H and O–H groups in total. The number of rotatable bonds is 4. The van der Waals surface area contributed by atoms with Crippen LogP contribution in [0.4, 0.5) is 5.82 Å². The van der Waals surface area contributed by atoms with Gasteiger partial charge in [-0.05, 0) is 40.5 Å².